The van der Waals surface area contributed by atoms with Crippen LogP contribution in [0, 0.1) is 23.1 Å². The summed E-state index contributed by atoms with van der Waals surface area (Å²) in [5.41, 5.74) is 6.75. The molecule has 1 atom stereocenters. The van der Waals surface area contributed by atoms with Crippen molar-refractivity contribution in [2.24, 2.45) is 11.7 Å². The number of nitrogens with one attached hydrogen (secondary N) is 1. The first kappa shape index (κ1) is 12.5. The molecule has 0 heterocycles. The van der Waals surface area contributed by atoms with Crippen LogP contribution in [0.1, 0.15) is 19.4 Å². The number of rotatable bonds is 4. The SMILES string of the molecule is CC(C)C(N)CNc1cc(F)cc(C#N)c1. The van der Waals surface area contributed by atoms with Gasteiger partial charge in [-0.2, -0.15) is 5.26 Å². The summed E-state index contributed by atoms with van der Waals surface area (Å²) >= 11 is 0. The molecule has 1 unspecified atom stereocenters. The van der Waals surface area contributed by atoms with E-state index in [9.17, 15) is 4.39 Å². The predicted octanol–water partition coefficient (Wildman–Crippen LogP) is 2.09. The van der Waals surface area contributed by atoms with Crippen LogP contribution in [0.15, 0.2) is 18.2 Å². The Morgan fingerprint density at radius 1 is 1.44 bits per heavy atom. The molecule has 0 spiro atoms. The number of nitrogens with two attached hydrogens (primary N) is 1. The second-order valence-electron chi connectivity index (χ2n) is 4.13. The zero-order chi connectivity index (χ0) is 12.1. The molecule has 3 nitrogen and oxygen atoms in total. The highest BCUT2D eigenvalue weighted by Crippen LogP contribution is 2.13. The molecular formula is C12H16FN3. The number of hydrogen-bond donors (Lipinski definition) is 2. The van der Waals surface area contributed by atoms with Crippen molar-refractivity contribution in [3.63, 3.8) is 0 Å². The first-order valence-electron chi connectivity index (χ1n) is 5.23. The van der Waals surface area contributed by atoms with E-state index >= 15 is 0 Å². The van der Waals surface area contributed by atoms with Gasteiger partial charge in [-0.05, 0) is 24.1 Å². The molecule has 0 aromatic heterocycles. The lowest BCUT2D eigenvalue weighted by Crippen LogP contribution is -2.34. The number of nitrogens with zero attached hydrogens (tertiary/aromatic N) is 1. The minimum atomic E-state index is -0.417. The summed E-state index contributed by atoms with van der Waals surface area (Å²) in [4.78, 5) is 0. The van der Waals surface area contributed by atoms with Crippen molar-refractivity contribution in [3.05, 3.63) is 29.6 Å². The molecule has 0 bridgehead atoms. The Kier molecular flexibility index (Phi) is 4.27. The van der Waals surface area contributed by atoms with Crippen molar-refractivity contribution >= 4 is 5.69 Å². The van der Waals surface area contributed by atoms with Gasteiger partial charge >= 0.3 is 0 Å². The lowest BCUT2D eigenvalue weighted by Gasteiger charge is -2.17. The largest absolute Gasteiger partial charge is 0.383 e. The summed E-state index contributed by atoms with van der Waals surface area (Å²) in [7, 11) is 0. The number of anilines is 1. The fourth-order valence-electron chi connectivity index (χ4n) is 1.23. The zero-order valence-corrected chi connectivity index (χ0v) is 9.50. The highest BCUT2D eigenvalue weighted by molar-refractivity contribution is 5.49. The van der Waals surface area contributed by atoms with E-state index in [4.69, 9.17) is 11.0 Å². The average Bonchev–Trinajstić information content (AvgIpc) is 2.24. The Morgan fingerprint density at radius 3 is 2.69 bits per heavy atom. The van der Waals surface area contributed by atoms with Crippen LogP contribution >= 0.6 is 0 Å². The molecule has 3 N–H and O–H groups in total. The van der Waals surface area contributed by atoms with Gasteiger partial charge in [-0.1, -0.05) is 13.8 Å². The number of hydrogen-bond acceptors (Lipinski definition) is 3. The van der Waals surface area contributed by atoms with E-state index in [-0.39, 0.29) is 6.04 Å². The van der Waals surface area contributed by atoms with Crippen LogP contribution in [0.25, 0.3) is 0 Å². The second kappa shape index (κ2) is 5.47. The van der Waals surface area contributed by atoms with E-state index in [2.05, 4.69) is 5.32 Å². The molecule has 1 rings (SSSR count). The molecule has 0 aliphatic rings. The molecule has 0 aliphatic carbocycles. The van der Waals surface area contributed by atoms with Crippen LogP contribution in [0.3, 0.4) is 0 Å². The zero-order valence-electron chi connectivity index (χ0n) is 9.50. The Labute approximate surface area is 95.1 Å². The highest BCUT2D eigenvalue weighted by Gasteiger charge is 2.07. The molecule has 1 aromatic rings. The van der Waals surface area contributed by atoms with Gasteiger partial charge in [0.2, 0.25) is 0 Å². The Morgan fingerprint density at radius 2 is 2.12 bits per heavy atom. The summed E-state index contributed by atoms with van der Waals surface area (Å²) in [6.07, 6.45) is 0. The van der Waals surface area contributed by atoms with Crippen molar-refractivity contribution in [2.75, 3.05) is 11.9 Å². The van der Waals surface area contributed by atoms with Crippen LogP contribution < -0.4 is 11.1 Å². The Balaban J connectivity index is 2.68. The van der Waals surface area contributed by atoms with Gasteiger partial charge < -0.3 is 11.1 Å². The normalized spacial score (nSPS) is 12.2. The van der Waals surface area contributed by atoms with Crippen molar-refractivity contribution in [2.45, 2.75) is 19.9 Å². The van der Waals surface area contributed by atoms with E-state index < -0.39 is 5.82 Å². The summed E-state index contributed by atoms with van der Waals surface area (Å²) in [5.74, 6) is -0.0591. The lowest BCUT2D eigenvalue weighted by atomic mass is 10.1. The smallest absolute Gasteiger partial charge is 0.126 e. The third-order valence-electron chi connectivity index (χ3n) is 2.43. The van der Waals surface area contributed by atoms with Gasteiger partial charge in [-0.3, -0.25) is 0 Å². The molecule has 0 radical (unpaired) electrons. The molecular weight excluding hydrogens is 205 g/mol. The molecule has 0 saturated carbocycles. The molecule has 0 aliphatic heterocycles. The minimum Gasteiger partial charge on any atom is -0.383 e. The first-order valence-corrected chi connectivity index (χ1v) is 5.23. The minimum absolute atomic E-state index is 0.00815. The Bertz CT molecular complexity index is 396. The number of halogens is 1. The third-order valence-corrected chi connectivity index (χ3v) is 2.43. The summed E-state index contributed by atoms with van der Waals surface area (Å²) in [5, 5.41) is 11.7. The highest BCUT2D eigenvalue weighted by atomic mass is 19.1. The Hall–Kier alpha value is -1.60. The number of nitriles is 1. The standard InChI is InChI=1S/C12H16FN3/c1-8(2)12(15)7-16-11-4-9(6-14)3-10(13)5-11/h3-5,8,12,16H,7,15H2,1-2H3. The van der Waals surface area contributed by atoms with Crippen molar-refractivity contribution in [1.82, 2.24) is 0 Å². The van der Waals surface area contributed by atoms with Gasteiger partial charge in [0.1, 0.15) is 5.82 Å². The lowest BCUT2D eigenvalue weighted by molar-refractivity contribution is 0.511. The quantitative estimate of drug-likeness (QED) is 0.818. The topological polar surface area (TPSA) is 61.8 Å². The van der Waals surface area contributed by atoms with E-state index in [0.29, 0.717) is 23.7 Å². The molecule has 0 fully saturated rings. The van der Waals surface area contributed by atoms with Gasteiger partial charge in [-0.25, -0.2) is 4.39 Å². The van der Waals surface area contributed by atoms with E-state index in [1.54, 1.807) is 6.07 Å². The maximum Gasteiger partial charge on any atom is 0.126 e. The molecule has 16 heavy (non-hydrogen) atoms. The molecule has 4 heteroatoms. The van der Waals surface area contributed by atoms with Crippen LogP contribution in [0.5, 0.6) is 0 Å². The molecule has 1 aromatic carbocycles. The fraction of sp³-hybridized carbons (Fsp3) is 0.417. The summed E-state index contributed by atoms with van der Waals surface area (Å²) in [6, 6.07) is 6.08. The fourth-order valence-corrected chi connectivity index (χ4v) is 1.23. The van der Waals surface area contributed by atoms with Gasteiger partial charge in [0, 0.05) is 18.3 Å². The van der Waals surface area contributed by atoms with Gasteiger partial charge in [0.15, 0.2) is 0 Å². The third kappa shape index (κ3) is 3.52. The van der Waals surface area contributed by atoms with E-state index in [1.807, 2.05) is 19.9 Å². The first-order chi connectivity index (χ1) is 7.52. The van der Waals surface area contributed by atoms with Crippen molar-refractivity contribution < 1.29 is 4.39 Å². The maximum atomic E-state index is 13.1. The summed E-state index contributed by atoms with van der Waals surface area (Å²) < 4.78 is 13.1. The van der Waals surface area contributed by atoms with Crippen LogP contribution in [-0.2, 0) is 0 Å². The maximum absolute atomic E-state index is 13.1. The van der Waals surface area contributed by atoms with Crippen LogP contribution in [-0.4, -0.2) is 12.6 Å². The van der Waals surface area contributed by atoms with E-state index in [0.717, 1.165) is 0 Å². The second-order valence-corrected chi connectivity index (χ2v) is 4.13. The average molecular weight is 221 g/mol. The van der Waals surface area contributed by atoms with Crippen LogP contribution in [0.4, 0.5) is 10.1 Å². The molecule has 86 valence electrons. The monoisotopic (exact) mass is 221 g/mol. The van der Waals surface area contributed by atoms with E-state index in [1.165, 1.54) is 12.1 Å². The molecule has 0 saturated heterocycles. The van der Waals surface area contributed by atoms with Crippen molar-refractivity contribution in [1.29, 1.82) is 5.26 Å². The van der Waals surface area contributed by atoms with Crippen LogP contribution in [0.2, 0.25) is 0 Å². The number of benzene rings is 1. The van der Waals surface area contributed by atoms with Gasteiger partial charge in [0.25, 0.3) is 0 Å². The van der Waals surface area contributed by atoms with Gasteiger partial charge in [-0.15, -0.1) is 0 Å². The van der Waals surface area contributed by atoms with Gasteiger partial charge in [0.05, 0.1) is 11.6 Å². The summed E-state index contributed by atoms with van der Waals surface area (Å²) in [6.45, 7) is 4.61. The molecule has 0 amide bonds. The predicted molar refractivity (Wildman–Crippen MR) is 62.4 cm³/mol. The van der Waals surface area contributed by atoms with Crippen molar-refractivity contribution in [3.8, 4) is 6.07 Å².